The van der Waals surface area contributed by atoms with Gasteiger partial charge in [-0.25, -0.2) is 0 Å². The molecule has 4 heterocycles. The van der Waals surface area contributed by atoms with E-state index in [9.17, 15) is 13.6 Å². The summed E-state index contributed by atoms with van der Waals surface area (Å²) in [5.41, 5.74) is 1.21. The molecule has 0 unspecified atom stereocenters. The van der Waals surface area contributed by atoms with E-state index >= 15 is 0 Å². The summed E-state index contributed by atoms with van der Waals surface area (Å²) in [7, 11) is 0. The maximum absolute atomic E-state index is 13.1. The Balaban J connectivity index is 1.16. The van der Waals surface area contributed by atoms with Crippen LogP contribution in [0.3, 0.4) is 0 Å². The predicted octanol–water partition coefficient (Wildman–Crippen LogP) is 2.87. The number of pyridine rings is 1. The number of ether oxygens (including phenoxy) is 2. The maximum atomic E-state index is 13.1. The monoisotopic (exact) mass is 415 g/mol. The molecule has 1 aromatic carbocycles. The Morgan fingerprint density at radius 3 is 2.77 bits per heavy atom. The number of hydrogen-bond donors (Lipinski definition) is 1. The number of rotatable bonds is 4. The van der Waals surface area contributed by atoms with Crippen LogP contribution in [0.1, 0.15) is 24.6 Å². The highest BCUT2D eigenvalue weighted by Crippen LogP contribution is 2.42. The number of nitrogens with zero attached hydrogens (tertiary/aromatic N) is 4. The van der Waals surface area contributed by atoms with Crippen LogP contribution < -0.4 is 14.8 Å². The Bertz CT molecular complexity index is 1090. The van der Waals surface area contributed by atoms with Crippen molar-refractivity contribution in [1.82, 2.24) is 19.5 Å². The van der Waals surface area contributed by atoms with Crippen LogP contribution in [0, 0.1) is 0 Å². The van der Waals surface area contributed by atoms with Gasteiger partial charge in [0.1, 0.15) is 5.82 Å². The molecule has 0 aliphatic carbocycles. The Hall–Kier alpha value is -3.27. The lowest BCUT2D eigenvalue weighted by atomic mass is 9.96. The maximum Gasteiger partial charge on any atom is 0.586 e. The normalized spacial score (nSPS) is 18.6. The summed E-state index contributed by atoms with van der Waals surface area (Å²) in [6.07, 6.45) is 0.0425. The fourth-order valence-corrected chi connectivity index (χ4v) is 3.92. The molecule has 10 heteroatoms. The zero-order valence-electron chi connectivity index (χ0n) is 15.9. The standard InChI is InChI=1S/C20H19F2N5O3/c21-20(22)29-15-5-4-14(11-16(15)30-20)23-18(28)12-26-9-6-13(7-10-26)19-25-24-17-3-1-2-8-27(17)19/h1-5,8,11,13H,6-7,9-10,12H2,(H,23,28). The summed E-state index contributed by atoms with van der Waals surface area (Å²) in [4.78, 5) is 14.5. The average molecular weight is 415 g/mol. The Kier molecular flexibility index (Phi) is 4.50. The lowest BCUT2D eigenvalue weighted by molar-refractivity contribution is -0.286. The molecule has 0 radical (unpaired) electrons. The second-order valence-electron chi connectivity index (χ2n) is 7.41. The van der Waals surface area contributed by atoms with Gasteiger partial charge in [0.2, 0.25) is 5.91 Å². The summed E-state index contributed by atoms with van der Waals surface area (Å²) in [6, 6.07) is 9.99. The smallest absolute Gasteiger partial charge is 0.395 e. The minimum atomic E-state index is -3.68. The van der Waals surface area contributed by atoms with Crippen LogP contribution in [0.25, 0.3) is 5.65 Å². The molecular weight excluding hydrogens is 396 g/mol. The van der Waals surface area contributed by atoms with Crippen molar-refractivity contribution < 1.29 is 23.0 Å². The quantitative estimate of drug-likeness (QED) is 0.706. The summed E-state index contributed by atoms with van der Waals surface area (Å²) < 4.78 is 37.0. The molecule has 156 valence electrons. The molecule has 2 aliphatic heterocycles. The molecule has 5 rings (SSSR count). The lowest BCUT2D eigenvalue weighted by Crippen LogP contribution is -2.39. The molecular formula is C20H19F2N5O3. The van der Waals surface area contributed by atoms with Crippen LogP contribution in [0.15, 0.2) is 42.6 Å². The van der Waals surface area contributed by atoms with Crippen LogP contribution in [-0.4, -0.2) is 51.3 Å². The molecule has 30 heavy (non-hydrogen) atoms. The zero-order chi connectivity index (χ0) is 20.7. The molecule has 0 atom stereocenters. The number of carbonyl (C=O) groups excluding carboxylic acids is 1. The third-order valence-electron chi connectivity index (χ3n) is 5.35. The van der Waals surface area contributed by atoms with E-state index in [1.807, 2.05) is 28.8 Å². The van der Waals surface area contributed by atoms with Gasteiger partial charge < -0.3 is 14.8 Å². The summed E-state index contributed by atoms with van der Waals surface area (Å²) >= 11 is 0. The highest BCUT2D eigenvalue weighted by Gasteiger charge is 2.43. The molecule has 2 aliphatic rings. The lowest BCUT2D eigenvalue weighted by Gasteiger charge is -2.30. The van der Waals surface area contributed by atoms with Gasteiger partial charge in [-0.3, -0.25) is 14.1 Å². The predicted molar refractivity (Wildman–Crippen MR) is 103 cm³/mol. The van der Waals surface area contributed by atoms with Gasteiger partial charge in [-0.1, -0.05) is 6.07 Å². The number of halogens is 2. The van der Waals surface area contributed by atoms with Gasteiger partial charge in [-0.2, -0.15) is 0 Å². The number of fused-ring (bicyclic) bond motifs is 2. The number of benzene rings is 1. The molecule has 1 saturated heterocycles. The van der Waals surface area contributed by atoms with Crippen molar-refractivity contribution in [2.45, 2.75) is 25.1 Å². The third-order valence-corrected chi connectivity index (χ3v) is 5.35. The molecule has 0 spiro atoms. The Morgan fingerprint density at radius 1 is 1.13 bits per heavy atom. The molecule has 8 nitrogen and oxygen atoms in total. The van der Waals surface area contributed by atoms with E-state index in [0.717, 1.165) is 37.4 Å². The van der Waals surface area contributed by atoms with Crippen molar-refractivity contribution in [2.75, 3.05) is 25.0 Å². The number of nitrogens with one attached hydrogen (secondary N) is 1. The SMILES string of the molecule is O=C(CN1CCC(c2nnc3ccccn23)CC1)Nc1ccc2c(c1)OC(F)(F)O2. The highest BCUT2D eigenvalue weighted by atomic mass is 19.3. The fourth-order valence-electron chi connectivity index (χ4n) is 3.92. The number of piperidine rings is 1. The van der Waals surface area contributed by atoms with E-state index in [-0.39, 0.29) is 29.9 Å². The van der Waals surface area contributed by atoms with E-state index in [1.165, 1.54) is 18.2 Å². The van der Waals surface area contributed by atoms with Crippen LogP contribution in [0.2, 0.25) is 0 Å². The second kappa shape index (κ2) is 7.21. The molecule has 1 fully saturated rings. The van der Waals surface area contributed by atoms with Gasteiger partial charge in [-0.05, 0) is 50.2 Å². The molecule has 0 saturated carbocycles. The largest absolute Gasteiger partial charge is 0.586 e. The van der Waals surface area contributed by atoms with E-state index < -0.39 is 6.29 Å². The van der Waals surface area contributed by atoms with Gasteiger partial charge in [0.15, 0.2) is 17.1 Å². The molecule has 1 N–H and O–H groups in total. The number of anilines is 1. The van der Waals surface area contributed by atoms with E-state index in [4.69, 9.17) is 0 Å². The van der Waals surface area contributed by atoms with Gasteiger partial charge in [-0.15, -0.1) is 19.0 Å². The average Bonchev–Trinajstić information content (AvgIpc) is 3.27. The molecule has 2 aromatic heterocycles. The zero-order valence-corrected chi connectivity index (χ0v) is 15.9. The second-order valence-corrected chi connectivity index (χ2v) is 7.41. The van der Waals surface area contributed by atoms with Crippen LogP contribution in [0.4, 0.5) is 14.5 Å². The number of aromatic nitrogens is 3. The Labute approximate surface area is 170 Å². The van der Waals surface area contributed by atoms with E-state index in [2.05, 4.69) is 29.9 Å². The van der Waals surface area contributed by atoms with Crippen molar-refractivity contribution in [3.63, 3.8) is 0 Å². The van der Waals surface area contributed by atoms with Crippen molar-refractivity contribution in [3.05, 3.63) is 48.4 Å². The number of amides is 1. The van der Waals surface area contributed by atoms with Crippen LogP contribution in [0.5, 0.6) is 11.5 Å². The summed E-state index contributed by atoms with van der Waals surface area (Å²) in [5, 5.41) is 11.3. The van der Waals surface area contributed by atoms with Crippen molar-refractivity contribution >= 4 is 17.2 Å². The minimum Gasteiger partial charge on any atom is -0.395 e. The minimum absolute atomic E-state index is 0.0546. The highest BCUT2D eigenvalue weighted by molar-refractivity contribution is 5.92. The molecule has 0 bridgehead atoms. The number of alkyl halides is 2. The first kappa shape index (κ1) is 18.7. The van der Waals surface area contributed by atoms with E-state index in [1.54, 1.807) is 0 Å². The topological polar surface area (TPSA) is 81.0 Å². The molecule has 1 amide bonds. The van der Waals surface area contributed by atoms with Gasteiger partial charge >= 0.3 is 6.29 Å². The number of likely N-dealkylation sites (tertiary alicyclic amines) is 1. The number of hydrogen-bond acceptors (Lipinski definition) is 6. The van der Waals surface area contributed by atoms with Gasteiger partial charge in [0, 0.05) is 23.9 Å². The Morgan fingerprint density at radius 2 is 1.93 bits per heavy atom. The van der Waals surface area contributed by atoms with Gasteiger partial charge in [0.05, 0.1) is 6.54 Å². The molecule has 3 aromatic rings. The van der Waals surface area contributed by atoms with Crippen molar-refractivity contribution in [2.24, 2.45) is 0 Å². The first-order valence-electron chi connectivity index (χ1n) is 9.69. The third kappa shape index (κ3) is 3.65. The fraction of sp³-hybridized carbons (Fsp3) is 0.350. The van der Waals surface area contributed by atoms with E-state index in [0.29, 0.717) is 5.69 Å². The first-order chi connectivity index (χ1) is 14.5. The van der Waals surface area contributed by atoms with Crippen molar-refractivity contribution in [3.8, 4) is 11.5 Å². The van der Waals surface area contributed by atoms with Gasteiger partial charge in [0.25, 0.3) is 0 Å². The number of carbonyl (C=O) groups is 1. The van der Waals surface area contributed by atoms with Crippen molar-refractivity contribution in [1.29, 1.82) is 0 Å². The summed E-state index contributed by atoms with van der Waals surface area (Å²) in [6.45, 7) is 1.73. The van der Waals surface area contributed by atoms with Crippen LogP contribution in [-0.2, 0) is 4.79 Å². The van der Waals surface area contributed by atoms with Crippen LogP contribution >= 0.6 is 0 Å². The summed E-state index contributed by atoms with van der Waals surface area (Å²) in [5.74, 6) is 0.872. The first-order valence-corrected chi connectivity index (χ1v) is 9.69.